The smallest absolute Gasteiger partial charge is 0.329 e. The third-order valence-electron chi connectivity index (χ3n) is 4.60. The number of carbonyl (C=O) groups is 2. The summed E-state index contributed by atoms with van der Waals surface area (Å²) in [7, 11) is 0. The van der Waals surface area contributed by atoms with Crippen LogP contribution < -0.4 is 5.32 Å². The maximum Gasteiger partial charge on any atom is 0.329 e. The van der Waals surface area contributed by atoms with Crippen molar-refractivity contribution >= 4 is 12.0 Å². The third kappa shape index (κ3) is 3.01. The predicted octanol–water partition coefficient (Wildman–Crippen LogP) is 2.07. The number of carboxylic acid groups (broad SMARTS) is 1. The maximum absolute atomic E-state index is 12.2. The monoisotopic (exact) mass is 268 g/mol. The Hall–Kier alpha value is -1.26. The molecule has 2 rings (SSSR count). The molecule has 2 atom stereocenters. The number of rotatable bonds is 4. The molecule has 2 fully saturated rings. The molecule has 19 heavy (non-hydrogen) atoms. The average molecular weight is 268 g/mol. The van der Waals surface area contributed by atoms with Gasteiger partial charge in [-0.15, -0.1) is 0 Å². The Labute approximate surface area is 114 Å². The largest absolute Gasteiger partial charge is 0.480 e. The number of piperidine rings is 1. The zero-order chi connectivity index (χ0) is 14.0. The van der Waals surface area contributed by atoms with Crippen LogP contribution in [-0.2, 0) is 4.79 Å². The number of likely N-dealkylation sites (tertiary alicyclic amines) is 1. The maximum atomic E-state index is 12.2. The van der Waals surface area contributed by atoms with Gasteiger partial charge in [-0.3, -0.25) is 0 Å². The van der Waals surface area contributed by atoms with Crippen molar-refractivity contribution in [1.29, 1.82) is 0 Å². The van der Waals surface area contributed by atoms with E-state index < -0.39 is 11.5 Å². The van der Waals surface area contributed by atoms with E-state index in [0.717, 1.165) is 18.8 Å². The Morgan fingerprint density at radius 1 is 1.42 bits per heavy atom. The van der Waals surface area contributed by atoms with Crippen LogP contribution in [0.3, 0.4) is 0 Å². The van der Waals surface area contributed by atoms with Gasteiger partial charge in [0.25, 0.3) is 0 Å². The number of carbonyl (C=O) groups excluding carboxylic acids is 1. The van der Waals surface area contributed by atoms with Gasteiger partial charge in [0, 0.05) is 13.1 Å². The number of hydrogen-bond donors (Lipinski definition) is 2. The van der Waals surface area contributed by atoms with E-state index in [1.165, 1.54) is 17.7 Å². The van der Waals surface area contributed by atoms with Gasteiger partial charge in [-0.05, 0) is 50.9 Å². The van der Waals surface area contributed by atoms with E-state index in [1.54, 1.807) is 6.92 Å². The fourth-order valence-corrected chi connectivity index (χ4v) is 2.84. The topological polar surface area (TPSA) is 69.6 Å². The summed E-state index contributed by atoms with van der Waals surface area (Å²) in [5.41, 5.74) is -1.05. The highest BCUT2D eigenvalue weighted by atomic mass is 16.4. The number of nitrogens with one attached hydrogen (secondary N) is 1. The van der Waals surface area contributed by atoms with Crippen molar-refractivity contribution in [1.82, 2.24) is 10.2 Å². The second-order valence-electron chi connectivity index (χ2n) is 6.19. The number of nitrogens with zero attached hydrogens (tertiary/aromatic N) is 1. The molecule has 0 radical (unpaired) electrons. The molecule has 5 heteroatoms. The van der Waals surface area contributed by atoms with Crippen molar-refractivity contribution in [3.05, 3.63) is 0 Å². The first-order valence-electron chi connectivity index (χ1n) is 7.24. The van der Waals surface area contributed by atoms with Crippen LogP contribution in [-0.4, -0.2) is 40.6 Å². The van der Waals surface area contributed by atoms with Gasteiger partial charge in [-0.1, -0.05) is 6.92 Å². The predicted molar refractivity (Wildman–Crippen MR) is 71.9 cm³/mol. The van der Waals surface area contributed by atoms with Gasteiger partial charge in [-0.25, -0.2) is 9.59 Å². The fourth-order valence-electron chi connectivity index (χ4n) is 2.84. The molecule has 0 bridgehead atoms. The van der Waals surface area contributed by atoms with Crippen molar-refractivity contribution in [2.45, 2.75) is 51.5 Å². The van der Waals surface area contributed by atoms with Crippen LogP contribution in [0, 0.1) is 11.8 Å². The minimum absolute atomic E-state index is 0.225. The van der Waals surface area contributed by atoms with E-state index in [-0.39, 0.29) is 6.03 Å². The van der Waals surface area contributed by atoms with Crippen molar-refractivity contribution in [3.8, 4) is 0 Å². The molecule has 1 aliphatic carbocycles. The van der Waals surface area contributed by atoms with Crippen LogP contribution in [0.4, 0.5) is 4.79 Å². The van der Waals surface area contributed by atoms with Crippen molar-refractivity contribution in [3.63, 3.8) is 0 Å². The fraction of sp³-hybridized carbons (Fsp3) is 0.857. The Bertz CT molecular complexity index is 368. The molecule has 0 aromatic rings. The molecule has 0 aromatic carbocycles. The first-order valence-corrected chi connectivity index (χ1v) is 7.24. The van der Waals surface area contributed by atoms with Crippen LogP contribution >= 0.6 is 0 Å². The highest BCUT2D eigenvalue weighted by Crippen LogP contribution is 2.36. The summed E-state index contributed by atoms with van der Waals surface area (Å²) < 4.78 is 0. The molecule has 1 saturated carbocycles. The number of aliphatic carboxylic acids is 1. The SMILES string of the molecule is CC(CNC(=O)N1CCCCC1(C)C(=O)O)C1CC1. The van der Waals surface area contributed by atoms with Crippen LogP contribution in [0.5, 0.6) is 0 Å². The molecule has 0 aromatic heterocycles. The van der Waals surface area contributed by atoms with Gasteiger partial charge in [0.1, 0.15) is 5.54 Å². The lowest BCUT2D eigenvalue weighted by atomic mass is 9.89. The zero-order valence-corrected chi connectivity index (χ0v) is 11.8. The van der Waals surface area contributed by atoms with Gasteiger partial charge < -0.3 is 15.3 Å². The quantitative estimate of drug-likeness (QED) is 0.820. The van der Waals surface area contributed by atoms with E-state index in [0.29, 0.717) is 25.4 Å². The molecule has 108 valence electrons. The van der Waals surface area contributed by atoms with Gasteiger partial charge in [0.05, 0.1) is 0 Å². The van der Waals surface area contributed by atoms with E-state index in [4.69, 9.17) is 0 Å². The molecule has 0 spiro atoms. The van der Waals surface area contributed by atoms with E-state index >= 15 is 0 Å². The van der Waals surface area contributed by atoms with Gasteiger partial charge in [0.2, 0.25) is 0 Å². The number of hydrogen-bond acceptors (Lipinski definition) is 2. The Morgan fingerprint density at radius 2 is 2.11 bits per heavy atom. The molecule has 2 amide bonds. The summed E-state index contributed by atoms with van der Waals surface area (Å²) in [6.45, 7) is 4.98. The van der Waals surface area contributed by atoms with Crippen LogP contribution in [0.25, 0.3) is 0 Å². The normalized spacial score (nSPS) is 28.8. The van der Waals surface area contributed by atoms with E-state index in [2.05, 4.69) is 12.2 Å². The molecule has 1 aliphatic heterocycles. The molecular formula is C14H24N2O3. The van der Waals surface area contributed by atoms with E-state index in [9.17, 15) is 14.7 Å². The first kappa shape index (κ1) is 14.2. The number of carboxylic acids is 1. The zero-order valence-electron chi connectivity index (χ0n) is 11.8. The van der Waals surface area contributed by atoms with Crippen LogP contribution in [0.1, 0.15) is 46.0 Å². The van der Waals surface area contributed by atoms with Crippen LogP contribution in [0.2, 0.25) is 0 Å². The average Bonchev–Trinajstić information content (AvgIpc) is 3.20. The highest BCUT2D eigenvalue weighted by Gasteiger charge is 2.44. The van der Waals surface area contributed by atoms with Crippen molar-refractivity contribution in [2.75, 3.05) is 13.1 Å². The second kappa shape index (κ2) is 5.39. The molecule has 1 heterocycles. The third-order valence-corrected chi connectivity index (χ3v) is 4.60. The minimum atomic E-state index is -1.05. The molecule has 2 unspecified atom stereocenters. The van der Waals surface area contributed by atoms with Gasteiger partial charge in [0.15, 0.2) is 0 Å². The molecule has 2 aliphatic rings. The standard InChI is InChI=1S/C14H24N2O3/c1-10(11-5-6-11)9-15-13(19)16-8-4-3-7-14(16,2)12(17)18/h10-11H,3-9H2,1-2H3,(H,15,19)(H,17,18). The summed E-state index contributed by atoms with van der Waals surface area (Å²) in [5.74, 6) is 0.329. The van der Waals surface area contributed by atoms with Crippen molar-refractivity contribution < 1.29 is 14.7 Å². The van der Waals surface area contributed by atoms with Gasteiger partial charge in [-0.2, -0.15) is 0 Å². The summed E-state index contributed by atoms with van der Waals surface area (Å²) in [4.78, 5) is 25.1. The summed E-state index contributed by atoms with van der Waals surface area (Å²) in [5, 5.41) is 12.3. The first-order chi connectivity index (χ1) is 8.95. The Balaban J connectivity index is 1.93. The molecule has 2 N–H and O–H groups in total. The lowest BCUT2D eigenvalue weighted by molar-refractivity contribution is -0.150. The summed E-state index contributed by atoms with van der Waals surface area (Å²) >= 11 is 0. The molecular weight excluding hydrogens is 244 g/mol. The van der Waals surface area contributed by atoms with Crippen molar-refractivity contribution in [2.24, 2.45) is 11.8 Å². The van der Waals surface area contributed by atoms with Gasteiger partial charge >= 0.3 is 12.0 Å². The Morgan fingerprint density at radius 3 is 2.68 bits per heavy atom. The van der Waals surface area contributed by atoms with Crippen LogP contribution in [0.15, 0.2) is 0 Å². The number of urea groups is 1. The minimum Gasteiger partial charge on any atom is -0.480 e. The highest BCUT2D eigenvalue weighted by molar-refractivity contribution is 5.86. The number of amides is 2. The van der Waals surface area contributed by atoms with E-state index in [1.807, 2.05) is 0 Å². The Kier molecular flexibility index (Phi) is 4.02. The molecule has 1 saturated heterocycles. The summed E-state index contributed by atoms with van der Waals surface area (Å²) in [6.07, 6.45) is 4.80. The lowest BCUT2D eigenvalue weighted by Crippen LogP contribution is -2.60. The second-order valence-corrected chi connectivity index (χ2v) is 6.19. The summed E-state index contributed by atoms with van der Waals surface area (Å²) in [6, 6.07) is -0.225. The lowest BCUT2D eigenvalue weighted by Gasteiger charge is -2.41. The molecule has 5 nitrogen and oxygen atoms in total.